The van der Waals surface area contributed by atoms with Crippen LogP contribution in [0.1, 0.15) is 47.7 Å². The van der Waals surface area contributed by atoms with Crippen LogP contribution in [0.25, 0.3) is 5.57 Å². The van der Waals surface area contributed by atoms with Gasteiger partial charge in [0.1, 0.15) is 0 Å². The predicted molar refractivity (Wildman–Crippen MR) is 119 cm³/mol. The number of hydrogen-bond donors (Lipinski definition) is 0. The van der Waals surface area contributed by atoms with Crippen LogP contribution in [-0.2, 0) is 17.6 Å². The second-order valence-electron chi connectivity index (χ2n) is 7.52. The fourth-order valence-electron chi connectivity index (χ4n) is 4.35. The molecule has 1 aromatic carbocycles. The molecule has 0 spiro atoms. The second kappa shape index (κ2) is 8.49. The molecule has 0 radical (unpaired) electrons. The number of benzene rings is 1. The number of rotatable bonds is 1. The molecule has 0 saturated carbocycles. The van der Waals surface area contributed by atoms with Gasteiger partial charge in [-0.15, -0.1) is 0 Å². The quantitative estimate of drug-likeness (QED) is 0.511. The molecule has 2 aromatic rings. The van der Waals surface area contributed by atoms with E-state index in [1.54, 1.807) is 4.90 Å². The third-order valence-corrected chi connectivity index (χ3v) is 6.71. The maximum absolute atomic E-state index is 12.1. The van der Waals surface area contributed by atoms with Crippen molar-refractivity contribution in [2.75, 3.05) is 19.7 Å². The summed E-state index contributed by atoms with van der Waals surface area (Å²) in [4.78, 5) is 18.7. The van der Waals surface area contributed by atoms with Gasteiger partial charge in [-0.1, -0.05) is 23.2 Å². The van der Waals surface area contributed by atoms with Crippen LogP contribution < -0.4 is 0 Å². The number of aryl methyl sites for hydroxylation is 1. The number of hydrogen-bond acceptors (Lipinski definition) is 3. The molecular weight excluding hydrogens is 452 g/mol. The summed E-state index contributed by atoms with van der Waals surface area (Å²) in [6.07, 6.45) is 5.18. The first kappa shape index (κ1) is 20.4. The molecule has 1 fully saturated rings. The van der Waals surface area contributed by atoms with E-state index in [0.717, 1.165) is 46.4 Å². The van der Waals surface area contributed by atoms with E-state index in [-0.39, 0.29) is 6.09 Å². The van der Waals surface area contributed by atoms with Crippen molar-refractivity contribution in [3.05, 3.63) is 67.4 Å². The number of carbonyl (C=O) groups excluding carboxylic acids is 1. The molecule has 2 aliphatic rings. The summed E-state index contributed by atoms with van der Waals surface area (Å²) in [6, 6.07) is 6.32. The van der Waals surface area contributed by atoms with E-state index < -0.39 is 0 Å². The van der Waals surface area contributed by atoms with Crippen molar-refractivity contribution in [2.45, 2.75) is 39.5 Å². The number of halogens is 2. The van der Waals surface area contributed by atoms with Crippen LogP contribution in [0.15, 0.2) is 34.4 Å². The molecule has 0 bridgehead atoms. The molecule has 1 amide bonds. The average molecular weight is 476 g/mol. The molecule has 4 rings (SSSR count). The SMILES string of the molecule is CCOC(=O)N1CCC(=C2c3ccc(Cl)c(C)c3CCc3cc(Br)cnc32)CC1. The minimum atomic E-state index is -0.220. The highest BCUT2D eigenvalue weighted by Crippen LogP contribution is 2.40. The minimum absolute atomic E-state index is 0.220. The molecule has 1 aromatic heterocycles. The summed E-state index contributed by atoms with van der Waals surface area (Å²) < 4.78 is 6.17. The summed E-state index contributed by atoms with van der Waals surface area (Å²) in [5, 5.41) is 0.810. The lowest BCUT2D eigenvalue weighted by Crippen LogP contribution is -2.37. The second-order valence-corrected chi connectivity index (χ2v) is 8.85. The number of piperidine rings is 1. The van der Waals surface area contributed by atoms with Crippen LogP contribution in [0.3, 0.4) is 0 Å². The first-order valence-corrected chi connectivity index (χ1v) is 11.2. The van der Waals surface area contributed by atoms with Crippen LogP contribution in [-0.4, -0.2) is 35.7 Å². The largest absolute Gasteiger partial charge is 0.450 e. The lowest BCUT2D eigenvalue weighted by atomic mass is 9.87. The summed E-state index contributed by atoms with van der Waals surface area (Å²) in [5.74, 6) is 0. The summed E-state index contributed by atoms with van der Waals surface area (Å²) in [7, 11) is 0. The van der Waals surface area contributed by atoms with Gasteiger partial charge in [-0.25, -0.2) is 4.79 Å². The van der Waals surface area contributed by atoms with Gasteiger partial charge in [0.2, 0.25) is 0 Å². The van der Waals surface area contributed by atoms with Gasteiger partial charge < -0.3 is 9.64 Å². The van der Waals surface area contributed by atoms with Crippen LogP contribution in [0, 0.1) is 6.92 Å². The van der Waals surface area contributed by atoms with E-state index in [0.29, 0.717) is 19.7 Å². The van der Waals surface area contributed by atoms with Crippen LogP contribution in [0.2, 0.25) is 5.02 Å². The van der Waals surface area contributed by atoms with E-state index >= 15 is 0 Å². The van der Waals surface area contributed by atoms with E-state index in [2.05, 4.69) is 35.0 Å². The minimum Gasteiger partial charge on any atom is -0.450 e. The maximum atomic E-state index is 12.1. The third-order valence-electron chi connectivity index (χ3n) is 5.86. The first-order valence-electron chi connectivity index (χ1n) is 10.1. The van der Waals surface area contributed by atoms with E-state index in [1.807, 2.05) is 19.2 Å². The lowest BCUT2D eigenvalue weighted by molar-refractivity contribution is 0.104. The van der Waals surface area contributed by atoms with E-state index in [1.165, 1.54) is 27.8 Å². The Morgan fingerprint density at radius 2 is 2.00 bits per heavy atom. The number of amides is 1. The van der Waals surface area contributed by atoms with Crippen molar-refractivity contribution in [1.82, 2.24) is 9.88 Å². The van der Waals surface area contributed by atoms with E-state index in [9.17, 15) is 4.79 Å². The van der Waals surface area contributed by atoms with Crippen molar-refractivity contribution in [2.24, 2.45) is 0 Å². The Balaban J connectivity index is 1.81. The Morgan fingerprint density at radius 1 is 1.24 bits per heavy atom. The summed E-state index contributed by atoms with van der Waals surface area (Å²) >= 11 is 10.0. The van der Waals surface area contributed by atoms with Crippen molar-refractivity contribution >= 4 is 39.2 Å². The van der Waals surface area contributed by atoms with Gasteiger partial charge in [-0.3, -0.25) is 4.98 Å². The van der Waals surface area contributed by atoms with Gasteiger partial charge in [-0.05, 0) is 89.8 Å². The fraction of sp³-hybridized carbons (Fsp3) is 0.391. The number of nitrogens with zero attached hydrogens (tertiary/aromatic N) is 2. The number of likely N-dealkylation sites (tertiary alicyclic amines) is 1. The molecule has 1 aliphatic heterocycles. The zero-order valence-electron chi connectivity index (χ0n) is 16.7. The van der Waals surface area contributed by atoms with Crippen molar-refractivity contribution < 1.29 is 9.53 Å². The lowest BCUT2D eigenvalue weighted by Gasteiger charge is -2.29. The zero-order valence-corrected chi connectivity index (χ0v) is 19.1. The molecule has 6 heteroatoms. The molecule has 1 aliphatic carbocycles. The highest BCUT2D eigenvalue weighted by atomic mass is 79.9. The monoisotopic (exact) mass is 474 g/mol. The van der Waals surface area contributed by atoms with Crippen molar-refractivity contribution in [3.63, 3.8) is 0 Å². The molecule has 152 valence electrons. The molecule has 2 heterocycles. The molecule has 0 N–H and O–H groups in total. The van der Waals surface area contributed by atoms with Crippen LogP contribution in [0.5, 0.6) is 0 Å². The van der Waals surface area contributed by atoms with Gasteiger partial charge >= 0.3 is 6.09 Å². The molecule has 4 nitrogen and oxygen atoms in total. The first-order chi connectivity index (χ1) is 14.0. The number of carbonyl (C=O) groups is 1. The summed E-state index contributed by atoms with van der Waals surface area (Å²) in [5.41, 5.74) is 8.59. The smallest absolute Gasteiger partial charge is 0.409 e. The summed E-state index contributed by atoms with van der Waals surface area (Å²) in [6.45, 7) is 5.69. The van der Waals surface area contributed by atoms with E-state index in [4.69, 9.17) is 21.3 Å². The van der Waals surface area contributed by atoms with Crippen LogP contribution >= 0.6 is 27.5 Å². The molecule has 0 atom stereocenters. The normalized spacial score (nSPS) is 16.2. The van der Waals surface area contributed by atoms with Crippen molar-refractivity contribution in [3.8, 4) is 0 Å². The van der Waals surface area contributed by atoms with Gasteiger partial charge in [-0.2, -0.15) is 0 Å². The molecular formula is C23H24BrClN2O2. The van der Waals surface area contributed by atoms with Gasteiger partial charge in [0.05, 0.1) is 12.3 Å². The number of ether oxygens (including phenoxy) is 1. The standard InChI is InChI=1S/C23H24BrClN2O2/c1-3-29-23(28)27-10-8-15(9-11-27)21-19-6-7-20(25)14(2)18(19)5-4-16-12-17(24)13-26-22(16)21/h6-7,12-13H,3-5,8-11H2,1-2H3. The Labute approximate surface area is 185 Å². The topological polar surface area (TPSA) is 42.4 Å². The van der Waals surface area contributed by atoms with Crippen molar-refractivity contribution in [1.29, 1.82) is 0 Å². The highest BCUT2D eigenvalue weighted by Gasteiger charge is 2.28. The molecule has 0 unspecified atom stereocenters. The molecule has 1 saturated heterocycles. The van der Waals surface area contributed by atoms with Gasteiger partial charge in [0, 0.05) is 34.4 Å². The Morgan fingerprint density at radius 3 is 2.72 bits per heavy atom. The highest BCUT2D eigenvalue weighted by molar-refractivity contribution is 9.10. The van der Waals surface area contributed by atoms with Crippen LogP contribution in [0.4, 0.5) is 4.79 Å². The number of aromatic nitrogens is 1. The Bertz CT molecular complexity index is 993. The third kappa shape index (κ3) is 3.95. The van der Waals surface area contributed by atoms with Gasteiger partial charge in [0.25, 0.3) is 0 Å². The number of pyridine rings is 1. The zero-order chi connectivity index (χ0) is 20.5. The Hall–Kier alpha value is -1.85. The maximum Gasteiger partial charge on any atom is 0.409 e. The Kier molecular flexibility index (Phi) is 5.98. The molecule has 29 heavy (non-hydrogen) atoms. The number of fused-ring (bicyclic) bond motifs is 2. The van der Waals surface area contributed by atoms with Gasteiger partial charge in [0.15, 0.2) is 0 Å². The predicted octanol–water partition coefficient (Wildman–Crippen LogP) is 5.96. The fourth-order valence-corrected chi connectivity index (χ4v) is 4.91. The average Bonchev–Trinajstić information content (AvgIpc) is 2.88.